The van der Waals surface area contributed by atoms with Crippen LogP contribution in [0.15, 0.2) is 30.5 Å². The highest BCUT2D eigenvalue weighted by Crippen LogP contribution is 2.23. The number of aromatic nitrogens is 2. The Labute approximate surface area is 113 Å². The van der Waals surface area contributed by atoms with Crippen LogP contribution < -0.4 is 5.32 Å². The van der Waals surface area contributed by atoms with E-state index in [-0.39, 0.29) is 11.9 Å². The first kappa shape index (κ1) is 13.7. The van der Waals surface area contributed by atoms with E-state index in [0.717, 1.165) is 29.8 Å². The molecule has 0 aliphatic heterocycles. The minimum absolute atomic E-state index is 0.0385. The van der Waals surface area contributed by atoms with Crippen LogP contribution in [0.25, 0.3) is 0 Å². The third-order valence-corrected chi connectivity index (χ3v) is 3.17. The number of halogens is 1. The first-order valence-electron chi connectivity index (χ1n) is 6.61. The van der Waals surface area contributed by atoms with Gasteiger partial charge in [-0.05, 0) is 49.7 Å². The number of hydrogen-bond acceptors (Lipinski definition) is 2. The van der Waals surface area contributed by atoms with E-state index in [1.54, 1.807) is 18.3 Å². The summed E-state index contributed by atoms with van der Waals surface area (Å²) in [5.74, 6) is -0.197. The van der Waals surface area contributed by atoms with Crippen LogP contribution in [0.3, 0.4) is 0 Å². The molecule has 0 fully saturated rings. The second-order valence-corrected chi connectivity index (χ2v) is 4.76. The quantitative estimate of drug-likeness (QED) is 0.896. The number of nitrogens with one attached hydrogen (secondary N) is 1. The molecule has 0 saturated heterocycles. The standard InChI is InChI=1S/C15H20FN3/c1-4-7-19-14(5-6-18-19)15(17-3)12-8-11(2)9-13(16)10-12/h5-6,8-10,15,17H,4,7H2,1-3H3. The van der Waals surface area contributed by atoms with Gasteiger partial charge in [-0.15, -0.1) is 0 Å². The van der Waals surface area contributed by atoms with Crippen LogP contribution in [0.2, 0.25) is 0 Å². The van der Waals surface area contributed by atoms with Crippen LogP contribution >= 0.6 is 0 Å². The lowest BCUT2D eigenvalue weighted by Gasteiger charge is -2.19. The molecule has 1 aromatic carbocycles. The van der Waals surface area contributed by atoms with E-state index in [1.807, 2.05) is 30.8 Å². The van der Waals surface area contributed by atoms with Crippen molar-refractivity contribution in [1.82, 2.24) is 15.1 Å². The smallest absolute Gasteiger partial charge is 0.123 e. The molecule has 0 aliphatic rings. The van der Waals surface area contributed by atoms with E-state index < -0.39 is 0 Å². The summed E-state index contributed by atoms with van der Waals surface area (Å²) in [6.07, 6.45) is 2.81. The van der Waals surface area contributed by atoms with Gasteiger partial charge in [0.1, 0.15) is 5.82 Å². The molecule has 0 saturated carbocycles. The Bertz CT molecular complexity index is 528. The summed E-state index contributed by atoms with van der Waals surface area (Å²) in [6, 6.07) is 7.07. The zero-order valence-electron chi connectivity index (χ0n) is 11.7. The van der Waals surface area contributed by atoms with Crippen molar-refractivity contribution in [3.8, 4) is 0 Å². The van der Waals surface area contributed by atoms with Crippen molar-refractivity contribution < 1.29 is 4.39 Å². The van der Waals surface area contributed by atoms with Gasteiger partial charge in [0, 0.05) is 12.7 Å². The first-order valence-corrected chi connectivity index (χ1v) is 6.61. The summed E-state index contributed by atoms with van der Waals surface area (Å²) in [6.45, 7) is 4.89. The van der Waals surface area contributed by atoms with Gasteiger partial charge in [0.2, 0.25) is 0 Å². The normalized spacial score (nSPS) is 12.6. The number of hydrogen-bond donors (Lipinski definition) is 1. The summed E-state index contributed by atoms with van der Waals surface area (Å²) in [5, 5.41) is 7.57. The highest BCUT2D eigenvalue weighted by atomic mass is 19.1. The van der Waals surface area contributed by atoms with Crippen molar-refractivity contribution in [2.75, 3.05) is 7.05 Å². The number of aryl methyl sites for hydroxylation is 2. The van der Waals surface area contributed by atoms with Gasteiger partial charge in [0.15, 0.2) is 0 Å². The molecule has 4 heteroatoms. The Morgan fingerprint density at radius 1 is 1.37 bits per heavy atom. The van der Waals surface area contributed by atoms with Crippen molar-refractivity contribution in [3.63, 3.8) is 0 Å². The summed E-state index contributed by atoms with van der Waals surface area (Å²) in [7, 11) is 1.88. The van der Waals surface area contributed by atoms with E-state index in [1.165, 1.54) is 0 Å². The van der Waals surface area contributed by atoms with Crippen molar-refractivity contribution in [2.45, 2.75) is 32.9 Å². The lowest BCUT2D eigenvalue weighted by atomic mass is 10.0. The number of rotatable bonds is 5. The Hall–Kier alpha value is -1.68. The molecule has 3 nitrogen and oxygen atoms in total. The zero-order valence-corrected chi connectivity index (χ0v) is 11.7. The van der Waals surface area contributed by atoms with Crippen molar-refractivity contribution >= 4 is 0 Å². The van der Waals surface area contributed by atoms with Crippen LogP contribution in [0, 0.1) is 12.7 Å². The van der Waals surface area contributed by atoms with Crippen LogP contribution in [0.1, 0.15) is 36.2 Å². The second-order valence-electron chi connectivity index (χ2n) is 4.76. The summed E-state index contributed by atoms with van der Waals surface area (Å²) < 4.78 is 15.5. The lowest BCUT2D eigenvalue weighted by Crippen LogP contribution is -2.22. The van der Waals surface area contributed by atoms with Gasteiger partial charge in [-0.2, -0.15) is 5.10 Å². The Morgan fingerprint density at radius 3 is 2.79 bits per heavy atom. The third-order valence-electron chi connectivity index (χ3n) is 3.17. The SMILES string of the molecule is CCCn1nccc1C(NC)c1cc(C)cc(F)c1. The van der Waals surface area contributed by atoms with Gasteiger partial charge in [-0.25, -0.2) is 4.39 Å². The fraction of sp³-hybridized carbons (Fsp3) is 0.400. The molecule has 1 aromatic heterocycles. The largest absolute Gasteiger partial charge is 0.308 e. The summed E-state index contributed by atoms with van der Waals surface area (Å²) >= 11 is 0. The first-order chi connectivity index (χ1) is 9.15. The van der Waals surface area contributed by atoms with E-state index >= 15 is 0 Å². The second kappa shape index (κ2) is 5.97. The molecule has 2 aromatic rings. The van der Waals surface area contributed by atoms with E-state index in [0.29, 0.717) is 0 Å². The molecular weight excluding hydrogens is 241 g/mol. The molecule has 0 radical (unpaired) electrons. The Kier molecular flexibility index (Phi) is 4.32. The molecule has 0 bridgehead atoms. The monoisotopic (exact) mass is 261 g/mol. The van der Waals surface area contributed by atoms with Gasteiger partial charge in [-0.1, -0.05) is 13.0 Å². The molecule has 1 heterocycles. The van der Waals surface area contributed by atoms with Crippen molar-refractivity contribution in [2.24, 2.45) is 0 Å². The minimum Gasteiger partial charge on any atom is -0.308 e. The van der Waals surface area contributed by atoms with Crippen molar-refractivity contribution in [1.29, 1.82) is 0 Å². The van der Waals surface area contributed by atoms with E-state index in [4.69, 9.17) is 0 Å². The third kappa shape index (κ3) is 3.01. The molecule has 0 spiro atoms. The predicted molar refractivity (Wildman–Crippen MR) is 74.6 cm³/mol. The van der Waals surface area contributed by atoms with Gasteiger partial charge >= 0.3 is 0 Å². The molecule has 0 amide bonds. The van der Waals surface area contributed by atoms with Gasteiger partial charge in [-0.3, -0.25) is 4.68 Å². The highest BCUT2D eigenvalue weighted by Gasteiger charge is 2.17. The summed E-state index contributed by atoms with van der Waals surface area (Å²) in [5.41, 5.74) is 2.92. The van der Waals surface area contributed by atoms with Gasteiger partial charge in [0.25, 0.3) is 0 Å². The van der Waals surface area contributed by atoms with Crippen molar-refractivity contribution in [3.05, 3.63) is 53.1 Å². The topological polar surface area (TPSA) is 29.9 Å². The minimum atomic E-state index is -0.197. The average molecular weight is 261 g/mol. The summed E-state index contributed by atoms with van der Waals surface area (Å²) in [4.78, 5) is 0. The maximum atomic E-state index is 13.6. The maximum absolute atomic E-state index is 13.6. The fourth-order valence-corrected chi connectivity index (χ4v) is 2.40. The predicted octanol–water partition coefficient (Wildman–Crippen LogP) is 3.05. The number of nitrogens with zero attached hydrogens (tertiary/aromatic N) is 2. The fourth-order valence-electron chi connectivity index (χ4n) is 2.40. The Balaban J connectivity index is 2.40. The van der Waals surface area contributed by atoms with E-state index in [2.05, 4.69) is 17.3 Å². The van der Waals surface area contributed by atoms with Crippen LogP contribution in [-0.2, 0) is 6.54 Å². The van der Waals surface area contributed by atoms with E-state index in [9.17, 15) is 4.39 Å². The molecule has 1 N–H and O–H groups in total. The molecule has 1 unspecified atom stereocenters. The molecule has 19 heavy (non-hydrogen) atoms. The maximum Gasteiger partial charge on any atom is 0.123 e. The molecule has 2 rings (SSSR count). The molecule has 102 valence electrons. The molecule has 1 atom stereocenters. The molecular formula is C15H20FN3. The van der Waals surface area contributed by atoms with Crippen LogP contribution in [0.4, 0.5) is 4.39 Å². The molecule has 0 aliphatic carbocycles. The highest BCUT2D eigenvalue weighted by molar-refractivity contribution is 5.31. The zero-order chi connectivity index (χ0) is 13.8. The van der Waals surface area contributed by atoms with Gasteiger partial charge < -0.3 is 5.32 Å². The number of benzene rings is 1. The van der Waals surface area contributed by atoms with Gasteiger partial charge in [0.05, 0.1) is 11.7 Å². The average Bonchev–Trinajstić information content (AvgIpc) is 2.78. The lowest BCUT2D eigenvalue weighted by molar-refractivity contribution is 0.532. The van der Waals surface area contributed by atoms with Crippen LogP contribution in [-0.4, -0.2) is 16.8 Å². The Morgan fingerprint density at radius 2 is 2.16 bits per heavy atom. The van der Waals surface area contributed by atoms with Crippen LogP contribution in [0.5, 0.6) is 0 Å².